The van der Waals surface area contributed by atoms with Gasteiger partial charge in [0.25, 0.3) is 0 Å². The van der Waals surface area contributed by atoms with E-state index < -0.39 is 11.7 Å². The lowest BCUT2D eigenvalue weighted by molar-refractivity contribution is -0.137. The van der Waals surface area contributed by atoms with Crippen molar-refractivity contribution in [1.29, 1.82) is 0 Å². The number of halogens is 4. The number of anilines is 1. The van der Waals surface area contributed by atoms with E-state index in [0.717, 1.165) is 11.6 Å². The van der Waals surface area contributed by atoms with Crippen LogP contribution in [0.15, 0.2) is 35.6 Å². The molecule has 25 heavy (non-hydrogen) atoms. The summed E-state index contributed by atoms with van der Waals surface area (Å²) >= 11 is 5.83. The molecule has 0 radical (unpaired) electrons. The van der Waals surface area contributed by atoms with Gasteiger partial charge < -0.3 is 9.47 Å². The van der Waals surface area contributed by atoms with Gasteiger partial charge >= 0.3 is 6.18 Å². The first-order valence-corrected chi connectivity index (χ1v) is 7.65. The highest BCUT2D eigenvalue weighted by Crippen LogP contribution is 2.33. The molecule has 2 aromatic rings. The Morgan fingerprint density at radius 1 is 1.20 bits per heavy atom. The first-order valence-electron chi connectivity index (χ1n) is 7.27. The molecule has 2 heterocycles. The lowest BCUT2D eigenvalue weighted by atomic mass is 10.1. The van der Waals surface area contributed by atoms with Crippen LogP contribution in [0.2, 0.25) is 5.02 Å². The number of hydrogen-bond donors (Lipinski definition) is 1. The predicted octanol–water partition coefficient (Wildman–Crippen LogP) is 4.36. The molecule has 1 N–H and O–H groups in total. The van der Waals surface area contributed by atoms with Gasteiger partial charge in [0, 0.05) is 11.8 Å². The normalized spacial score (nSPS) is 14.4. The number of aromatic nitrogens is 1. The quantitative estimate of drug-likeness (QED) is 0.643. The number of hydrogen-bond acceptors (Lipinski definition) is 5. The monoisotopic (exact) mass is 371 g/mol. The van der Waals surface area contributed by atoms with Crippen LogP contribution in [0.1, 0.15) is 18.1 Å². The molecule has 1 aromatic heterocycles. The number of nitrogens with zero attached hydrogens (tertiary/aromatic N) is 2. The molecule has 1 aliphatic heterocycles. The van der Waals surface area contributed by atoms with Crippen LogP contribution in [0.3, 0.4) is 0 Å². The van der Waals surface area contributed by atoms with E-state index >= 15 is 0 Å². The number of pyridine rings is 1. The second-order valence-electron chi connectivity index (χ2n) is 5.22. The topological polar surface area (TPSA) is 55.7 Å². The molecule has 0 aliphatic carbocycles. The highest BCUT2D eigenvalue weighted by molar-refractivity contribution is 6.33. The molecule has 5 nitrogen and oxygen atoms in total. The second-order valence-corrected chi connectivity index (χ2v) is 5.63. The molecule has 3 rings (SSSR count). The number of ether oxygens (including phenoxy) is 2. The minimum absolute atomic E-state index is 0.0339. The minimum atomic E-state index is -4.50. The molecule has 0 unspecified atom stereocenters. The molecule has 0 amide bonds. The van der Waals surface area contributed by atoms with Crippen LogP contribution in [0.25, 0.3) is 0 Å². The Bertz CT molecular complexity index is 825. The van der Waals surface area contributed by atoms with Crippen molar-refractivity contribution in [3.05, 3.63) is 46.6 Å². The zero-order valence-corrected chi connectivity index (χ0v) is 13.8. The van der Waals surface area contributed by atoms with E-state index in [9.17, 15) is 13.2 Å². The largest absolute Gasteiger partial charge is 0.486 e. The second kappa shape index (κ2) is 6.79. The Kier molecular flexibility index (Phi) is 4.71. The fourth-order valence-electron chi connectivity index (χ4n) is 2.14. The Balaban J connectivity index is 1.77. The Labute approximate surface area is 146 Å². The first-order chi connectivity index (χ1) is 11.8. The van der Waals surface area contributed by atoms with Gasteiger partial charge in [0.05, 0.1) is 16.3 Å². The number of benzene rings is 1. The summed E-state index contributed by atoms with van der Waals surface area (Å²) in [5.74, 6) is 1.30. The fourth-order valence-corrected chi connectivity index (χ4v) is 2.35. The van der Waals surface area contributed by atoms with Crippen molar-refractivity contribution in [1.82, 2.24) is 4.98 Å². The van der Waals surface area contributed by atoms with Gasteiger partial charge in [-0.3, -0.25) is 5.43 Å². The van der Waals surface area contributed by atoms with Crippen LogP contribution < -0.4 is 14.9 Å². The number of fused-ring (bicyclic) bond motifs is 1. The molecule has 0 saturated heterocycles. The zero-order valence-electron chi connectivity index (χ0n) is 13.0. The van der Waals surface area contributed by atoms with E-state index in [1.807, 2.05) is 0 Å². The molecule has 0 bridgehead atoms. The number of nitrogens with one attached hydrogen (secondary N) is 1. The number of hydrazone groups is 1. The van der Waals surface area contributed by atoms with Gasteiger partial charge in [-0.2, -0.15) is 18.3 Å². The first kappa shape index (κ1) is 17.3. The van der Waals surface area contributed by atoms with Gasteiger partial charge in [0.2, 0.25) is 0 Å². The summed E-state index contributed by atoms with van der Waals surface area (Å²) in [6.45, 7) is 2.70. The molecule has 9 heteroatoms. The van der Waals surface area contributed by atoms with Crippen molar-refractivity contribution in [2.75, 3.05) is 18.6 Å². The molecule has 132 valence electrons. The standard InChI is InChI=1S/C16H13ClF3N3O2/c1-9(10-2-3-13-14(6-10)25-5-4-24-13)22-23-15-12(17)7-11(8-21-15)16(18,19)20/h2-3,6-8H,4-5H2,1H3,(H,21,23)/b22-9-. The molecular weight excluding hydrogens is 359 g/mol. The SMILES string of the molecule is C/C(=N/Nc1ncc(C(F)(F)F)cc1Cl)c1ccc2c(c1)OCCO2. The molecular formula is C16H13ClF3N3O2. The third-order valence-corrected chi connectivity index (χ3v) is 3.75. The zero-order chi connectivity index (χ0) is 18.0. The number of alkyl halides is 3. The van der Waals surface area contributed by atoms with Gasteiger partial charge in [-0.05, 0) is 31.2 Å². The summed E-state index contributed by atoms with van der Waals surface area (Å²) in [6.07, 6.45) is -3.80. The van der Waals surface area contributed by atoms with Gasteiger partial charge in [-0.25, -0.2) is 4.98 Å². The van der Waals surface area contributed by atoms with E-state index in [1.165, 1.54) is 0 Å². The van der Waals surface area contributed by atoms with Gasteiger partial charge in [-0.1, -0.05) is 11.6 Å². The summed E-state index contributed by atoms with van der Waals surface area (Å²) in [5.41, 5.74) is 3.00. The van der Waals surface area contributed by atoms with Crippen LogP contribution in [-0.4, -0.2) is 23.9 Å². The maximum Gasteiger partial charge on any atom is 0.417 e. The molecule has 1 aliphatic rings. The molecule has 0 saturated carbocycles. The third kappa shape index (κ3) is 3.96. The predicted molar refractivity (Wildman–Crippen MR) is 87.5 cm³/mol. The van der Waals surface area contributed by atoms with Gasteiger partial charge in [-0.15, -0.1) is 0 Å². The molecule has 0 fully saturated rings. The van der Waals surface area contributed by atoms with E-state index in [1.54, 1.807) is 25.1 Å². The lowest BCUT2D eigenvalue weighted by Crippen LogP contribution is -2.15. The highest BCUT2D eigenvalue weighted by Gasteiger charge is 2.31. The Morgan fingerprint density at radius 2 is 1.92 bits per heavy atom. The fraction of sp³-hybridized carbons (Fsp3) is 0.250. The smallest absolute Gasteiger partial charge is 0.417 e. The van der Waals surface area contributed by atoms with Crippen molar-refractivity contribution in [2.45, 2.75) is 13.1 Å². The maximum atomic E-state index is 12.6. The van der Waals surface area contributed by atoms with Crippen LogP contribution in [0.5, 0.6) is 11.5 Å². The summed E-state index contributed by atoms with van der Waals surface area (Å²) in [4.78, 5) is 3.67. The summed E-state index contributed by atoms with van der Waals surface area (Å²) in [5, 5.41) is 3.94. The van der Waals surface area contributed by atoms with Crippen molar-refractivity contribution in [3.63, 3.8) is 0 Å². The summed E-state index contributed by atoms with van der Waals surface area (Å²) in [6, 6.07) is 6.14. The Morgan fingerprint density at radius 3 is 2.60 bits per heavy atom. The third-order valence-electron chi connectivity index (χ3n) is 3.46. The molecule has 0 atom stereocenters. The van der Waals surface area contributed by atoms with Crippen LogP contribution >= 0.6 is 11.6 Å². The molecule has 1 aromatic carbocycles. The van der Waals surface area contributed by atoms with E-state index in [4.69, 9.17) is 21.1 Å². The highest BCUT2D eigenvalue weighted by atomic mass is 35.5. The van der Waals surface area contributed by atoms with Crippen molar-refractivity contribution in [2.24, 2.45) is 5.10 Å². The van der Waals surface area contributed by atoms with Gasteiger partial charge in [0.1, 0.15) is 13.2 Å². The van der Waals surface area contributed by atoms with E-state index in [0.29, 0.717) is 36.6 Å². The summed E-state index contributed by atoms with van der Waals surface area (Å²) in [7, 11) is 0. The minimum Gasteiger partial charge on any atom is -0.486 e. The van der Waals surface area contributed by atoms with Crippen molar-refractivity contribution in [3.8, 4) is 11.5 Å². The van der Waals surface area contributed by atoms with Crippen LogP contribution in [0.4, 0.5) is 19.0 Å². The average Bonchev–Trinajstić information content (AvgIpc) is 2.59. The van der Waals surface area contributed by atoms with E-state index in [-0.39, 0.29) is 10.8 Å². The van der Waals surface area contributed by atoms with Crippen molar-refractivity contribution >= 4 is 23.1 Å². The van der Waals surface area contributed by atoms with Crippen LogP contribution in [-0.2, 0) is 6.18 Å². The van der Waals surface area contributed by atoms with E-state index in [2.05, 4.69) is 15.5 Å². The Hall–Kier alpha value is -2.48. The van der Waals surface area contributed by atoms with Crippen molar-refractivity contribution < 1.29 is 22.6 Å². The average molecular weight is 372 g/mol. The maximum absolute atomic E-state index is 12.6. The van der Waals surface area contributed by atoms with Crippen LogP contribution in [0, 0.1) is 0 Å². The summed E-state index contributed by atoms with van der Waals surface area (Å²) < 4.78 is 48.8. The van der Waals surface area contributed by atoms with Gasteiger partial charge in [0.15, 0.2) is 17.3 Å². The number of rotatable bonds is 3. The lowest BCUT2D eigenvalue weighted by Gasteiger charge is -2.18. The molecule has 0 spiro atoms.